The minimum atomic E-state index is -0.684. The zero-order chi connectivity index (χ0) is 11.5. The average molecular weight is 233 g/mol. The molecule has 0 aliphatic heterocycles. The summed E-state index contributed by atoms with van der Waals surface area (Å²) < 4.78 is 0. The second-order valence-corrected chi connectivity index (χ2v) is 4.80. The molecule has 0 spiro atoms. The second-order valence-electron chi connectivity index (χ2n) is 4.14. The van der Waals surface area contributed by atoms with E-state index in [0.717, 1.165) is 19.3 Å². The van der Waals surface area contributed by atoms with E-state index in [0.29, 0.717) is 6.54 Å². The molecule has 1 atom stereocenters. The van der Waals surface area contributed by atoms with Crippen molar-refractivity contribution in [3.05, 3.63) is 0 Å². The van der Waals surface area contributed by atoms with Crippen molar-refractivity contribution in [2.75, 3.05) is 6.54 Å². The number of rotatable bonds is 4. The summed E-state index contributed by atoms with van der Waals surface area (Å²) in [6, 6.07) is -0.452. The highest BCUT2D eigenvalue weighted by Crippen LogP contribution is 2.47. The standard InChI is InChI=1S/C10H17ClN2O2/c1-3-10(4-5-10)6-12-9(15)13-8(14)7(2)11/h7H,3-6H2,1-2H3,(H2,12,13,14,15). The quantitative estimate of drug-likeness (QED) is 0.724. The van der Waals surface area contributed by atoms with Crippen molar-refractivity contribution >= 4 is 23.5 Å². The first-order valence-electron chi connectivity index (χ1n) is 5.22. The van der Waals surface area contributed by atoms with E-state index in [9.17, 15) is 9.59 Å². The van der Waals surface area contributed by atoms with E-state index >= 15 is 0 Å². The van der Waals surface area contributed by atoms with Crippen LogP contribution < -0.4 is 10.6 Å². The van der Waals surface area contributed by atoms with Crippen LogP contribution in [-0.4, -0.2) is 23.9 Å². The number of carbonyl (C=O) groups is 2. The van der Waals surface area contributed by atoms with Gasteiger partial charge in [-0.05, 0) is 31.6 Å². The number of halogens is 1. The number of nitrogens with one attached hydrogen (secondary N) is 2. The van der Waals surface area contributed by atoms with E-state index in [1.807, 2.05) is 0 Å². The number of carbonyl (C=O) groups excluding carboxylic acids is 2. The Labute approximate surface area is 94.7 Å². The molecule has 86 valence electrons. The third-order valence-electron chi connectivity index (χ3n) is 2.93. The highest BCUT2D eigenvalue weighted by molar-refractivity contribution is 6.31. The van der Waals surface area contributed by atoms with Crippen LogP contribution in [-0.2, 0) is 4.79 Å². The molecule has 1 saturated carbocycles. The van der Waals surface area contributed by atoms with Crippen molar-refractivity contribution in [2.24, 2.45) is 5.41 Å². The molecule has 4 nitrogen and oxygen atoms in total. The van der Waals surface area contributed by atoms with Crippen LogP contribution >= 0.6 is 11.6 Å². The molecule has 0 radical (unpaired) electrons. The van der Waals surface area contributed by atoms with Crippen LogP contribution in [0, 0.1) is 5.41 Å². The molecular weight excluding hydrogens is 216 g/mol. The van der Waals surface area contributed by atoms with Crippen LogP contribution in [0.1, 0.15) is 33.1 Å². The Balaban J connectivity index is 2.22. The fraction of sp³-hybridized carbons (Fsp3) is 0.800. The van der Waals surface area contributed by atoms with Gasteiger partial charge in [0.2, 0.25) is 5.91 Å². The molecule has 1 fully saturated rings. The summed E-state index contributed by atoms with van der Waals surface area (Å²) in [4.78, 5) is 22.3. The van der Waals surface area contributed by atoms with Gasteiger partial charge < -0.3 is 5.32 Å². The maximum atomic E-state index is 11.2. The van der Waals surface area contributed by atoms with Gasteiger partial charge in [0.25, 0.3) is 0 Å². The Morgan fingerprint density at radius 3 is 2.47 bits per heavy atom. The average Bonchev–Trinajstić information content (AvgIpc) is 2.95. The fourth-order valence-corrected chi connectivity index (χ4v) is 1.41. The predicted octanol–water partition coefficient (Wildman–Crippen LogP) is 1.63. The zero-order valence-corrected chi connectivity index (χ0v) is 9.86. The molecule has 0 aromatic rings. The van der Waals surface area contributed by atoms with Gasteiger partial charge in [-0.3, -0.25) is 10.1 Å². The topological polar surface area (TPSA) is 58.2 Å². The Morgan fingerprint density at radius 1 is 1.47 bits per heavy atom. The van der Waals surface area contributed by atoms with Crippen LogP contribution in [0.3, 0.4) is 0 Å². The smallest absolute Gasteiger partial charge is 0.321 e. The number of alkyl halides is 1. The zero-order valence-electron chi connectivity index (χ0n) is 9.10. The Hall–Kier alpha value is -0.770. The summed E-state index contributed by atoms with van der Waals surface area (Å²) in [5, 5.41) is 4.19. The van der Waals surface area contributed by atoms with E-state index in [-0.39, 0.29) is 5.41 Å². The Bertz CT molecular complexity index is 262. The van der Waals surface area contributed by atoms with Crippen LogP contribution in [0.25, 0.3) is 0 Å². The van der Waals surface area contributed by atoms with Gasteiger partial charge in [-0.1, -0.05) is 6.92 Å². The number of amides is 3. The van der Waals surface area contributed by atoms with Gasteiger partial charge in [0, 0.05) is 6.54 Å². The highest BCUT2D eigenvalue weighted by atomic mass is 35.5. The molecule has 15 heavy (non-hydrogen) atoms. The molecular formula is C10H17ClN2O2. The lowest BCUT2D eigenvalue weighted by molar-refractivity contribution is -0.119. The number of hydrogen-bond acceptors (Lipinski definition) is 2. The second kappa shape index (κ2) is 4.84. The normalized spacial score (nSPS) is 19.1. The minimum absolute atomic E-state index is 0.285. The summed E-state index contributed by atoms with van der Waals surface area (Å²) in [5.41, 5.74) is 0.285. The highest BCUT2D eigenvalue weighted by Gasteiger charge is 2.40. The van der Waals surface area contributed by atoms with Gasteiger partial charge in [0.1, 0.15) is 5.38 Å². The summed E-state index contributed by atoms with van der Waals surface area (Å²) >= 11 is 5.51. The lowest BCUT2D eigenvalue weighted by atomic mass is 10.0. The lowest BCUT2D eigenvalue weighted by Gasteiger charge is -2.13. The van der Waals surface area contributed by atoms with Crippen LogP contribution in [0.5, 0.6) is 0 Å². The molecule has 0 bridgehead atoms. The lowest BCUT2D eigenvalue weighted by Crippen LogP contribution is -2.44. The molecule has 1 unspecified atom stereocenters. The number of hydrogen-bond donors (Lipinski definition) is 2. The third kappa shape index (κ3) is 3.70. The van der Waals surface area contributed by atoms with Gasteiger partial charge in [-0.2, -0.15) is 0 Å². The van der Waals surface area contributed by atoms with Crippen molar-refractivity contribution in [3.63, 3.8) is 0 Å². The van der Waals surface area contributed by atoms with E-state index in [4.69, 9.17) is 11.6 Å². The summed E-state index contributed by atoms with van der Waals surface area (Å²) in [6.07, 6.45) is 3.38. The van der Waals surface area contributed by atoms with Crippen LogP contribution in [0.4, 0.5) is 4.79 Å². The maximum Gasteiger partial charge on any atom is 0.321 e. The summed E-state index contributed by atoms with van der Waals surface area (Å²) in [5.74, 6) is -0.462. The minimum Gasteiger partial charge on any atom is -0.337 e. The molecule has 1 aliphatic rings. The van der Waals surface area contributed by atoms with Crippen molar-refractivity contribution < 1.29 is 9.59 Å². The van der Waals surface area contributed by atoms with Gasteiger partial charge in [-0.15, -0.1) is 11.6 Å². The largest absolute Gasteiger partial charge is 0.337 e. The molecule has 0 aromatic carbocycles. The van der Waals surface area contributed by atoms with Gasteiger partial charge >= 0.3 is 6.03 Å². The van der Waals surface area contributed by atoms with Gasteiger partial charge in [-0.25, -0.2) is 4.79 Å². The summed E-state index contributed by atoms with van der Waals surface area (Å²) in [7, 11) is 0. The van der Waals surface area contributed by atoms with Gasteiger partial charge in [0.05, 0.1) is 0 Å². The maximum absolute atomic E-state index is 11.2. The van der Waals surface area contributed by atoms with E-state index in [2.05, 4.69) is 17.6 Å². The van der Waals surface area contributed by atoms with Gasteiger partial charge in [0.15, 0.2) is 0 Å². The first-order valence-corrected chi connectivity index (χ1v) is 5.65. The monoisotopic (exact) mass is 232 g/mol. The van der Waals surface area contributed by atoms with E-state index in [1.165, 1.54) is 6.92 Å². The van der Waals surface area contributed by atoms with Crippen LogP contribution in [0.2, 0.25) is 0 Å². The first kappa shape index (κ1) is 12.3. The van der Waals surface area contributed by atoms with Crippen molar-refractivity contribution in [1.82, 2.24) is 10.6 Å². The molecule has 0 saturated heterocycles. The van der Waals surface area contributed by atoms with Crippen molar-refractivity contribution in [1.29, 1.82) is 0 Å². The molecule has 2 N–H and O–H groups in total. The third-order valence-corrected chi connectivity index (χ3v) is 3.13. The van der Waals surface area contributed by atoms with Crippen LogP contribution in [0.15, 0.2) is 0 Å². The SMILES string of the molecule is CCC1(CNC(=O)NC(=O)C(C)Cl)CC1. The molecule has 0 aromatic heterocycles. The molecule has 3 amide bonds. The molecule has 5 heteroatoms. The fourth-order valence-electron chi connectivity index (χ4n) is 1.36. The molecule has 1 rings (SSSR count). The van der Waals surface area contributed by atoms with Crippen molar-refractivity contribution in [2.45, 2.75) is 38.5 Å². The summed E-state index contributed by atoms with van der Waals surface area (Å²) in [6.45, 7) is 4.27. The van der Waals surface area contributed by atoms with E-state index < -0.39 is 17.3 Å². The van der Waals surface area contributed by atoms with E-state index in [1.54, 1.807) is 0 Å². The predicted molar refractivity (Wildman–Crippen MR) is 58.8 cm³/mol. The number of imide groups is 1. The first-order chi connectivity index (χ1) is 6.99. The molecule has 0 heterocycles. The Morgan fingerprint density at radius 2 is 2.07 bits per heavy atom. The number of urea groups is 1. The van der Waals surface area contributed by atoms with Crippen molar-refractivity contribution in [3.8, 4) is 0 Å². The molecule has 1 aliphatic carbocycles. The Kier molecular flexibility index (Phi) is 3.97.